The lowest BCUT2D eigenvalue weighted by molar-refractivity contribution is 0.0553. The Morgan fingerprint density at radius 3 is 2.81 bits per heavy atom. The summed E-state index contributed by atoms with van der Waals surface area (Å²) >= 11 is 1.36. The monoisotopic (exact) mass is 393 g/mol. The number of hydrogen-bond acceptors (Lipinski definition) is 6. The number of nitrogens with zero attached hydrogens (tertiary/aromatic N) is 5. The van der Waals surface area contributed by atoms with Gasteiger partial charge in [0.1, 0.15) is 11.5 Å². The fraction of sp³-hybridized carbons (Fsp3) is 0.353. The van der Waals surface area contributed by atoms with Crippen LogP contribution in [0.4, 0.5) is 8.78 Å². The van der Waals surface area contributed by atoms with Crippen molar-refractivity contribution in [2.75, 3.05) is 26.2 Å². The van der Waals surface area contributed by atoms with E-state index in [4.69, 9.17) is 4.42 Å². The van der Waals surface area contributed by atoms with Gasteiger partial charge in [0.25, 0.3) is 5.91 Å². The number of imidazole rings is 1. The second kappa shape index (κ2) is 7.57. The molecule has 27 heavy (non-hydrogen) atoms. The van der Waals surface area contributed by atoms with Gasteiger partial charge in [-0.1, -0.05) is 0 Å². The van der Waals surface area contributed by atoms with Crippen molar-refractivity contribution in [3.63, 3.8) is 0 Å². The Hall–Kier alpha value is -2.59. The molecule has 0 aromatic carbocycles. The van der Waals surface area contributed by atoms with E-state index in [0.717, 1.165) is 4.57 Å². The van der Waals surface area contributed by atoms with E-state index in [9.17, 15) is 13.6 Å². The molecule has 4 rings (SSSR count). The van der Waals surface area contributed by atoms with Crippen LogP contribution in [0.1, 0.15) is 22.9 Å². The third kappa shape index (κ3) is 3.76. The van der Waals surface area contributed by atoms with E-state index in [2.05, 4.69) is 9.97 Å². The third-order valence-corrected chi connectivity index (χ3v) is 5.30. The van der Waals surface area contributed by atoms with Gasteiger partial charge in [-0.15, -0.1) is 11.3 Å². The highest BCUT2D eigenvalue weighted by Gasteiger charge is 2.25. The molecule has 1 fully saturated rings. The van der Waals surface area contributed by atoms with Gasteiger partial charge in [0.05, 0.1) is 12.8 Å². The number of piperazine rings is 1. The van der Waals surface area contributed by atoms with Gasteiger partial charge in [-0.25, -0.2) is 9.97 Å². The minimum Gasteiger partial charge on any atom is -0.462 e. The van der Waals surface area contributed by atoms with Crippen LogP contribution in [-0.4, -0.2) is 56.4 Å². The van der Waals surface area contributed by atoms with E-state index >= 15 is 0 Å². The number of halogens is 2. The summed E-state index contributed by atoms with van der Waals surface area (Å²) in [5.74, 6) is 0.837. The highest BCUT2D eigenvalue weighted by atomic mass is 32.1. The zero-order valence-corrected chi connectivity index (χ0v) is 15.1. The first-order valence-corrected chi connectivity index (χ1v) is 9.30. The molecule has 1 aliphatic rings. The fourth-order valence-electron chi connectivity index (χ4n) is 3.00. The second-order valence-corrected chi connectivity index (χ2v) is 6.97. The van der Waals surface area contributed by atoms with Crippen LogP contribution >= 0.6 is 11.3 Å². The molecule has 1 amide bonds. The smallest absolute Gasteiger partial charge is 0.319 e. The number of aromatic nitrogens is 3. The molecule has 1 aliphatic heterocycles. The Balaban J connectivity index is 1.35. The number of thiazole rings is 1. The number of furan rings is 1. The molecule has 0 radical (unpaired) electrons. The summed E-state index contributed by atoms with van der Waals surface area (Å²) in [6.07, 6.45) is 4.22. The Kier molecular flexibility index (Phi) is 4.99. The molecular formula is C17H17F2N5O2S. The summed E-state index contributed by atoms with van der Waals surface area (Å²) in [6, 6.07) is 3.58. The maximum atomic E-state index is 12.9. The van der Waals surface area contributed by atoms with Crippen molar-refractivity contribution in [1.29, 1.82) is 0 Å². The summed E-state index contributed by atoms with van der Waals surface area (Å²) in [5.41, 5.74) is 0.396. The van der Waals surface area contributed by atoms with Gasteiger partial charge in [0, 0.05) is 44.0 Å². The molecule has 142 valence electrons. The van der Waals surface area contributed by atoms with Gasteiger partial charge in [-0.2, -0.15) is 8.78 Å². The summed E-state index contributed by atoms with van der Waals surface area (Å²) < 4.78 is 32.0. The van der Waals surface area contributed by atoms with Crippen molar-refractivity contribution < 1.29 is 18.0 Å². The SMILES string of the molecule is O=C(c1csc(-c2ccco2)n1)N1CCN(Cc2nccn2C(F)F)CC1. The summed E-state index contributed by atoms with van der Waals surface area (Å²) in [7, 11) is 0. The van der Waals surface area contributed by atoms with E-state index < -0.39 is 6.55 Å². The fourth-order valence-corrected chi connectivity index (χ4v) is 3.76. The van der Waals surface area contributed by atoms with Crippen LogP contribution in [0.15, 0.2) is 40.6 Å². The Morgan fingerprint density at radius 1 is 1.30 bits per heavy atom. The van der Waals surface area contributed by atoms with Crippen LogP contribution in [0.2, 0.25) is 0 Å². The Morgan fingerprint density at radius 2 is 2.11 bits per heavy atom. The van der Waals surface area contributed by atoms with Crippen molar-refractivity contribution in [2.24, 2.45) is 0 Å². The molecule has 0 bridgehead atoms. The first-order valence-electron chi connectivity index (χ1n) is 8.42. The normalized spacial score (nSPS) is 15.6. The average Bonchev–Trinajstić information content (AvgIpc) is 3.42. The number of alkyl halides is 2. The van der Waals surface area contributed by atoms with E-state index in [1.807, 2.05) is 4.90 Å². The van der Waals surface area contributed by atoms with Crippen LogP contribution in [0.25, 0.3) is 10.8 Å². The van der Waals surface area contributed by atoms with Crippen molar-refractivity contribution in [2.45, 2.75) is 13.1 Å². The number of rotatable bonds is 5. The average molecular weight is 393 g/mol. The van der Waals surface area contributed by atoms with E-state index in [0.29, 0.717) is 55.0 Å². The van der Waals surface area contributed by atoms with Gasteiger partial charge in [0.15, 0.2) is 10.8 Å². The zero-order chi connectivity index (χ0) is 18.8. The van der Waals surface area contributed by atoms with Crippen molar-refractivity contribution in [1.82, 2.24) is 24.3 Å². The highest BCUT2D eigenvalue weighted by Crippen LogP contribution is 2.25. The molecule has 0 N–H and O–H groups in total. The highest BCUT2D eigenvalue weighted by molar-refractivity contribution is 7.13. The predicted octanol–water partition coefficient (Wildman–Crippen LogP) is 2.95. The quantitative estimate of drug-likeness (QED) is 0.667. The first kappa shape index (κ1) is 17.8. The van der Waals surface area contributed by atoms with Gasteiger partial charge >= 0.3 is 6.55 Å². The van der Waals surface area contributed by atoms with Crippen LogP contribution in [0.3, 0.4) is 0 Å². The molecule has 0 aliphatic carbocycles. The maximum absolute atomic E-state index is 12.9. The molecule has 10 heteroatoms. The lowest BCUT2D eigenvalue weighted by Gasteiger charge is -2.34. The molecule has 3 aromatic rings. The van der Waals surface area contributed by atoms with Crippen LogP contribution in [-0.2, 0) is 6.54 Å². The van der Waals surface area contributed by atoms with Crippen LogP contribution in [0, 0.1) is 0 Å². The van der Waals surface area contributed by atoms with Crippen LogP contribution in [0.5, 0.6) is 0 Å². The van der Waals surface area contributed by atoms with Crippen LogP contribution < -0.4 is 0 Å². The molecule has 0 unspecified atom stereocenters. The number of hydrogen-bond donors (Lipinski definition) is 0. The molecule has 4 heterocycles. The topological polar surface area (TPSA) is 67.4 Å². The number of carbonyl (C=O) groups is 1. The van der Waals surface area contributed by atoms with Gasteiger partial charge in [0.2, 0.25) is 0 Å². The zero-order valence-electron chi connectivity index (χ0n) is 14.3. The lowest BCUT2D eigenvalue weighted by atomic mass is 10.3. The van der Waals surface area contributed by atoms with Gasteiger partial charge in [-0.05, 0) is 12.1 Å². The van der Waals surface area contributed by atoms with Crippen molar-refractivity contribution >= 4 is 17.2 Å². The molecule has 0 saturated carbocycles. The van der Waals surface area contributed by atoms with Gasteiger partial charge in [-0.3, -0.25) is 14.3 Å². The summed E-state index contributed by atoms with van der Waals surface area (Å²) in [6.45, 7) is -0.0467. The van der Waals surface area contributed by atoms with E-state index in [-0.39, 0.29) is 5.91 Å². The molecule has 0 atom stereocenters. The molecule has 0 spiro atoms. The van der Waals surface area contributed by atoms with E-state index in [1.165, 1.54) is 23.7 Å². The minimum atomic E-state index is -2.60. The van der Waals surface area contributed by atoms with Gasteiger partial charge < -0.3 is 9.32 Å². The number of amides is 1. The second-order valence-electron chi connectivity index (χ2n) is 6.11. The standard InChI is InChI=1S/C17H17F2N5O2S/c18-17(19)24-4-3-20-14(24)10-22-5-7-23(8-6-22)16(25)12-11-27-15(21-12)13-2-1-9-26-13/h1-4,9,11,17H,5-8,10H2. The minimum absolute atomic E-state index is 0.127. The molecular weight excluding hydrogens is 376 g/mol. The molecule has 7 nitrogen and oxygen atoms in total. The predicted molar refractivity (Wildman–Crippen MR) is 94.5 cm³/mol. The Labute approximate surface area is 157 Å². The molecule has 1 saturated heterocycles. The first-order chi connectivity index (χ1) is 13.1. The third-order valence-electron chi connectivity index (χ3n) is 4.44. The maximum Gasteiger partial charge on any atom is 0.319 e. The van der Waals surface area contributed by atoms with Crippen molar-refractivity contribution in [3.05, 3.63) is 47.7 Å². The summed E-state index contributed by atoms with van der Waals surface area (Å²) in [4.78, 5) is 24.8. The summed E-state index contributed by atoms with van der Waals surface area (Å²) in [5, 5.41) is 2.40. The lowest BCUT2D eigenvalue weighted by Crippen LogP contribution is -2.48. The Bertz CT molecular complexity index is 900. The molecule has 3 aromatic heterocycles. The largest absolute Gasteiger partial charge is 0.462 e. The van der Waals surface area contributed by atoms with E-state index in [1.54, 1.807) is 28.7 Å². The number of carbonyl (C=O) groups excluding carboxylic acids is 1. The van der Waals surface area contributed by atoms with Crippen molar-refractivity contribution in [3.8, 4) is 10.8 Å².